The van der Waals surface area contributed by atoms with Gasteiger partial charge in [0.1, 0.15) is 0 Å². The molecule has 0 aliphatic carbocycles. The van der Waals surface area contributed by atoms with E-state index in [2.05, 4.69) is 37.6 Å². The molecule has 7 heteroatoms. The molecule has 0 fully saturated rings. The second-order valence-corrected chi connectivity index (χ2v) is 11.6. The van der Waals surface area contributed by atoms with Gasteiger partial charge in [-0.15, -0.1) is 0 Å². The Morgan fingerprint density at radius 2 is 1.67 bits per heavy atom. The highest BCUT2D eigenvalue weighted by Gasteiger charge is 2.13. The number of hydrogen-bond acceptors (Lipinski definition) is 3. The van der Waals surface area contributed by atoms with Gasteiger partial charge in [0.05, 0.1) is 11.3 Å². The molecule has 3 aromatic carbocycles. The Balaban J connectivity index is 1.38. The SMILES string of the molecule is CC(C)(C)c1ccc(C=CCS(=O)(=O)Nc2ccc(Cn3ccc4c(C(=O)O)cccc43)cc2)cc1. The van der Waals surface area contributed by atoms with Crippen LogP contribution in [-0.4, -0.2) is 29.8 Å². The number of carboxylic acid groups (broad SMARTS) is 1. The highest BCUT2D eigenvalue weighted by Crippen LogP contribution is 2.23. The molecule has 36 heavy (non-hydrogen) atoms. The quantitative estimate of drug-likeness (QED) is 0.303. The normalized spacial score (nSPS) is 12.3. The Morgan fingerprint density at radius 1 is 0.972 bits per heavy atom. The summed E-state index contributed by atoms with van der Waals surface area (Å²) in [5.41, 5.74) is 4.82. The molecule has 2 N–H and O–H groups in total. The number of nitrogens with zero attached hydrogens (tertiary/aromatic N) is 1. The van der Waals surface area contributed by atoms with E-state index in [9.17, 15) is 18.3 Å². The van der Waals surface area contributed by atoms with Crippen molar-refractivity contribution in [2.45, 2.75) is 32.7 Å². The lowest BCUT2D eigenvalue weighted by Crippen LogP contribution is -2.15. The zero-order valence-electron chi connectivity index (χ0n) is 20.6. The first-order valence-corrected chi connectivity index (χ1v) is 13.3. The van der Waals surface area contributed by atoms with E-state index in [4.69, 9.17) is 0 Å². The Labute approximate surface area is 212 Å². The average Bonchev–Trinajstić information content (AvgIpc) is 3.22. The van der Waals surface area contributed by atoms with E-state index in [0.717, 1.165) is 16.6 Å². The first-order chi connectivity index (χ1) is 17.0. The number of hydrogen-bond donors (Lipinski definition) is 2. The first-order valence-electron chi connectivity index (χ1n) is 11.7. The number of aromatic nitrogens is 1. The summed E-state index contributed by atoms with van der Waals surface area (Å²) in [6.45, 7) is 7.00. The standard InChI is InChI=1S/C29H30N2O4S/c1-29(2,3)23-13-9-21(10-14-23)6-5-19-36(34,35)30-24-15-11-22(12-16-24)20-31-18-17-25-26(28(32)33)7-4-8-27(25)31/h4-18,30H,19-20H2,1-3H3,(H,32,33). The largest absolute Gasteiger partial charge is 0.478 e. The first kappa shape index (κ1) is 25.3. The van der Waals surface area contributed by atoms with E-state index in [1.165, 1.54) is 5.56 Å². The molecule has 0 saturated carbocycles. The molecular weight excluding hydrogens is 472 g/mol. The van der Waals surface area contributed by atoms with Crippen LogP contribution in [0.3, 0.4) is 0 Å². The molecule has 0 aliphatic heterocycles. The Kier molecular flexibility index (Phi) is 7.04. The number of nitrogens with one attached hydrogen (secondary N) is 1. The van der Waals surface area contributed by atoms with Crippen molar-refractivity contribution in [3.63, 3.8) is 0 Å². The molecule has 0 atom stereocenters. The van der Waals surface area contributed by atoms with Gasteiger partial charge in [0.2, 0.25) is 10.0 Å². The van der Waals surface area contributed by atoms with E-state index >= 15 is 0 Å². The molecule has 6 nitrogen and oxygen atoms in total. The van der Waals surface area contributed by atoms with Gasteiger partial charge in [0, 0.05) is 29.3 Å². The van der Waals surface area contributed by atoms with Crippen LogP contribution in [0.4, 0.5) is 5.69 Å². The molecular formula is C29H30N2O4S. The Bertz CT molecular complexity index is 1510. The minimum Gasteiger partial charge on any atom is -0.478 e. The van der Waals surface area contributed by atoms with Gasteiger partial charge in [0.25, 0.3) is 0 Å². The molecule has 0 bridgehead atoms. The molecule has 0 unspecified atom stereocenters. The van der Waals surface area contributed by atoms with Crippen molar-refractivity contribution in [2.24, 2.45) is 0 Å². The topological polar surface area (TPSA) is 88.4 Å². The van der Waals surface area contributed by atoms with E-state index < -0.39 is 16.0 Å². The summed E-state index contributed by atoms with van der Waals surface area (Å²) in [6.07, 6.45) is 5.31. The van der Waals surface area contributed by atoms with Gasteiger partial charge in [-0.25, -0.2) is 13.2 Å². The van der Waals surface area contributed by atoms with Crippen LogP contribution >= 0.6 is 0 Å². The maximum absolute atomic E-state index is 12.5. The van der Waals surface area contributed by atoms with E-state index in [0.29, 0.717) is 17.6 Å². The van der Waals surface area contributed by atoms with Gasteiger partial charge >= 0.3 is 5.97 Å². The van der Waals surface area contributed by atoms with Crippen LogP contribution in [0.5, 0.6) is 0 Å². The zero-order valence-corrected chi connectivity index (χ0v) is 21.4. The van der Waals surface area contributed by atoms with Gasteiger partial charge < -0.3 is 9.67 Å². The summed E-state index contributed by atoms with van der Waals surface area (Å²) in [6, 6.07) is 22.3. The van der Waals surface area contributed by atoms with Crippen LogP contribution in [0.15, 0.2) is 85.1 Å². The summed E-state index contributed by atoms with van der Waals surface area (Å²) < 4.78 is 29.7. The molecule has 0 radical (unpaired) electrons. The zero-order chi connectivity index (χ0) is 25.9. The van der Waals surface area contributed by atoms with Crippen LogP contribution in [0.25, 0.3) is 17.0 Å². The summed E-state index contributed by atoms with van der Waals surface area (Å²) >= 11 is 0. The third-order valence-corrected chi connectivity index (χ3v) is 7.20. The molecule has 1 aromatic heterocycles. The van der Waals surface area contributed by atoms with Crippen LogP contribution in [0.1, 0.15) is 47.8 Å². The van der Waals surface area contributed by atoms with Crippen molar-refractivity contribution >= 4 is 38.7 Å². The predicted octanol–water partition coefficient (Wildman–Crippen LogP) is 6.14. The smallest absolute Gasteiger partial charge is 0.336 e. The maximum atomic E-state index is 12.5. The lowest BCUT2D eigenvalue weighted by Gasteiger charge is -2.18. The maximum Gasteiger partial charge on any atom is 0.336 e. The number of carbonyl (C=O) groups is 1. The molecule has 1 heterocycles. The minimum atomic E-state index is -3.54. The second-order valence-electron chi connectivity index (χ2n) is 9.84. The van der Waals surface area contributed by atoms with E-state index in [1.807, 2.05) is 47.2 Å². The number of anilines is 1. The summed E-state index contributed by atoms with van der Waals surface area (Å²) in [7, 11) is -3.54. The summed E-state index contributed by atoms with van der Waals surface area (Å²) in [5, 5.41) is 10.1. The van der Waals surface area contributed by atoms with Gasteiger partial charge in [-0.1, -0.05) is 75.4 Å². The van der Waals surface area contributed by atoms with Gasteiger partial charge in [-0.2, -0.15) is 0 Å². The van der Waals surface area contributed by atoms with Crippen molar-refractivity contribution in [1.82, 2.24) is 4.57 Å². The van der Waals surface area contributed by atoms with Gasteiger partial charge in [0.15, 0.2) is 0 Å². The summed E-state index contributed by atoms with van der Waals surface area (Å²) in [4.78, 5) is 11.4. The second kappa shape index (κ2) is 10.0. The third-order valence-electron chi connectivity index (χ3n) is 6.03. The minimum absolute atomic E-state index is 0.0740. The van der Waals surface area contributed by atoms with Crippen LogP contribution < -0.4 is 4.72 Å². The number of rotatable bonds is 8. The molecule has 4 rings (SSSR count). The van der Waals surface area contributed by atoms with Crippen molar-refractivity contribution in [2.75, 3.05) is 10.5 Å². The Hall–Kier alpha value is -3.84. The molecule has 0 saturated heterocycles. The van der Waals surface area contributed by atoms with Crippen LogP contribution in [-0.2, 0) is 22.0 Å². The lowest BCUT2D eigenvalue weighted by molar-refractivity contribution is 0.0699. The Morgan fingerprint density at radius 3 is 2.31 bits per heavy atom. The van der Waals surface area contributed by atoms with Gasteiger partial charge in [-0.3, -0.25) is 4.72 Å². The lowest BCUT2D eigenvalue weighted by atomic mass is 9.87. The van der Waals surface area contributed by atoms with Crippen molar-refractivity contribution < 1.29 is 18.3 Å². The number of benzene rings is 3. The van der Waals surface area contributed by atoms with E-state index in [1.54, 1.807) is 36.4 Å². The average molecular weight is 503 g/mol. The number of sulfonamides is 1. The fourth-order valence-corrected chi connectivity index (χ4v) is 4.98. The van der Waals surface area contributed by atoms with E-state index in [-0.39, 0.29) is 16.7 Å². The van der Waals surface area contributed by atoms with Crippen molar-refractivity contribution in [3.05, 3.63) is 107 Å². The molecule has 0 aliphatic rings. The monoisotopic (exact) mass is 502 g/mol. The summed E-state index contributed by atoms with van der Waals surface area (Å²) in [5.74, 6) is -1.08. The predicted molar refractivity (Wildman–Crippen MR) is 146 cm³/mol. The number of fused-ring (bicyclic) bond motifs is 1. The van der Waals surface area contributed by atoms with Crippen LogP contribution in [0, 0.1) is 0 Å². The number of aromatic carboxylic acids is 1. The fourth-order valence-electron chi connectivity index (χ4n) is 4.05. The molecule has 0 amide bonds. The molecule has 186 valence electrons. The third kappa shape index (κ3) is 6.04. The van der Waals surface area contributed by atoms with Crippen molar-refractivity contribution in [1.29, 1.82) is 0 Å². The molecule has 0 spiro atoms. The van der Waals surface area contributed by atoms with Crippen LogP contribution in [0.2, 0.25) is 0 Å². The molecule has 4 aromatic rings. The fraction of sp³-hybridized carbons (Fsp3) is 0.207. The number of carboxylic acids is 1. The highest BCUT2D eigenvalue weighted by atomic mass is 32.2. The van der Waals surface area contributed by atoms with Gasteiger partial charge in [-0.05, 0) is 52.4 Å². The highest BCUT2D eigenvalue weighted by molar-refractivity contribution is 7.92. The van der Waals surface area contributed by atoms with Crippen molar-refractivity contribution in [3.8, 4) is 0 Å².